The Balaban J connectivity index is 1.40. The topological polar surface area (TPSA) is 81.6 Å². The van der Waals surface area contributed by atoms with E-state index in [1.807, 2.05) is 4.90 Å². The van der Waals surface area contributed by atoms with Crippen molar-refractivity contribution in [3.63, 3.8) is 0 Å². The van der Waals surface area contributed by atoms with Crippen molar-refractivity contribution in [3.05, 3.63) is 59.0 Å². The van der Waals surface area contributed by atoms with Crippen molar-refractivity contribution in [2.45, 2.75) is 12.5 Å². The zero-order valence-electron chi connectivity index (χ0n) is 16.2. The van der Waals surface area contributed by atoms with Crippen LogP contribution in [0.2, 0.25) is 5.02 Å². The summed E-state index contributed by atoms with van der Waals surface area (Å²) >= 11 is 5.83. The SMILES string of the molecule is CN=C(NCCNC(=O)c1ccc(Cl)cc1)NC1CCN(c2ncccc2F)C1. The lowest BCUT2D eigenvalue weighted by molar-refractivity contribution is 0.0954. The maximum absolute atomic E-state index is 13.9. The summed E-state index contributed by atoms with van der Waals surface area (Å²) < 4.78 is 13.9. The number of amides is 1. The van der Waals surface area contributed by atoms with Crippen molar-refractivity contribution in [1.82, 2.24) is 20.9 Å². The smallest absolute Gasteiger partial charge is 0.251 e. The van der Waals surface area contributed by atoms with Crippen molar-refractivity contribution in [2.75, 3.05) is 38.1 Å². The van der Waals surface area contributed by atoms with E-state index in [1.165, 1.54) is 6.07 Å². The Morgan fingerprint density at radius 1 is 1.28 bits per heavy atom. The number of guanidine groups is 1. The van der Waals surface area contributed by atoms with Crippen LogP contribution in [0.15, 0.2) is 47.6 Å². The average molecular weight is 419 g/mol. The van der Waals surface area contributed by atoms with Crippen LogP contribution in [0.1, 0.15) is 16.8 Å². The summed E-state index contributed by atoms with van der Waals surface area (Å²) in [5.41, 5.74) is 0.560. The van der Waals surface area contributed by atoms with Gasteiger partial charge in [-0.15, -0.1) is 0 Å². The van der Waals surface area contributed by atoms with E-state index < -0.39 is 0 Å². The molecule has 9 heteroatoms. The molecular weight excluding hydrogens is 395 g/mol. The van der Waals surface area contributed by atoms with E-state index in [9.17, 15) is 9.18 Å². The molecule has 0 aliphatic carbocycles. The number of aliphatic imine (C=N–C) groups is 1. The number of pyridine rings is 1. The number of halogens is 2. The van der Waals surface area contributed by atoms with Crippen LogP contribution in [0.4, 0.5) is 10.2 Å². The van der Waals surface area contributed by atoms with Gasteiger partial charge in [-0.05, 0) is 42.8 Å². The fraction of sp³-hybridized carbons (Fsp3) is 0.350. The molecule has 1 aromatic carbocycles. The van der Waals surface area contributed by atoms with E-state index in [-0.39, 0.29) is 17.8 Å². The molecule has 1 fully saturated rings. The van der Waals surface area contributed by atoms with E-state index in [1.54, 1.807) is 43.6 Å². The molecule has 1 aromatic heterocycles. The summed E-state index contributed by atoms with van der Waals surface area (Å²) in [4.78, 5) is 22.3. The first-order valence-electron chi connectivity index (χ1n) is 9.43. The highest BCUT2D eigenvalue weighted by Gasteiger charge is 2.25. The second kappa shape index (κ2) is 10.1. The molecule has 0 spiro atoms. The van der Waals surface area contributed by atoms with Gasteiger partial charge < -0.3 is 20.9 Å². The number of carbonyl (C=O) groups excluding carboxylic acids is 1. The third-order valence-corrected chi connectivity index (χ3v) is 4.85. The van der Waals surface area contributed by atoms with Gasteiger partial charge in [0.1, 0.15) is 0 Å². The minimum Gasteiger partial charge on any atom is -0.355 e. The van der Waals surface area contributed by atoms with Crippen molar-refractivity contribution in [3.8, 4) is 0 Å². The van der Waals surface area contributed by atoms with Crippen molar-refractivity contribution >= 4 is 29.3 Å². The number of anilines is 1. The molecular formula is C20H24ClFN6O. The van der Waals surface area contributed by atoms with Gasteiger partial charge in [0, 0.05) is 56.1 Å². The normalized spacial score (nSPS) is 16.6. The zero-order valence-corrected chi connectivity index (χ0v) is 16.9. The van der Waals surface area contributed by atoms with Gasteiger partial charge in [-0.2, -0.15) is 0 Å². The monoisotopic (exact) mass is 418 g/mol. The van der Waals surface area contributed by atoms with Crippen LogP contribution in [-0.2, 0) is 0 Å². The molecule has 0 radical (unpaired) electrons. The van der Waals surface area contributed by atoms with Crippen LogP contribution in [-0.4, -0.2) is 56.1 Å². The number of nitrogens with one attached hydrogen (secondary N) is 3. The number of hydrogen-bond acceptors (Lipinski definition) is 4. The standard InChI is InChI=1S/C20H24ClFN6O/c1-23-20(26-11-10-25-19(29)14-4-6-15(21)7-5-14)27-16-8-12-28(13-16)18-17(22)3-2-9-24-18/h2-7,9,16H,8,10-13H2,1H3,(H,25,29)(H2,23,26,27). The van der Waals surface area contributed by atoms with Crippen LogP contribution >= 0.6 is 11.6 Å². The number of carbonyl (C=O) groups is 1. The Morgan fingerprint density at radius 3 is 2.76 bits per heavy atom. The number of aromatic nitrogens is 1. The zero-order chi connectivity index (χ0) is 20.6. The molecule has 0 bridgehead atoms. The lowest BCUT2D eigenvalue weighted by Crippen LogP contribution is -2.46. The predicted octanol–water partition coefficient (Wildman–Crippen LogP) is 2.05. The van der Waals surface area contributed by atoms with Crippen LogP contribution < -0.4 is 20.9 Å². The average Bonchev–Trinajstić information content (AvgIpc) is 3.19. The summed E-state index contributed by atoms with van der Waals surface area (Å²) in [6.07, 6.45) is 2.45. The van der Waals surface area contributed by atoms with Crippen molar-refractivity contribution in [1.29, 1.82) is 0 Å². The summed E-state index contributed by atoms with van der Waals surface area (Å²) in [6, 6.07) is 9.87. The first-order chi connectivity index (χ1) is 14.1. The molecule has 3 N–H and O–H groups in total. The van der Waals surface area contributed by atoms with Gasteiger partial charge >= 0.3 is 0 Å². The molecule has 3 rings (SSSR count). The third-order valence-electron chi connectivity index (χ3n) is 4.60. The Bertz CT molecular complexity index is 860. The minimum atomic E-state index is -0.313. The summed E-state index contributed by atoms with van der Waals surface area (Å²) in [7, 11) is 1.69. The number of hydrogen-bond donors (Lipinski definition) is 3. The Labute approximate surface area is 174 Å². The van der Waals surface area contributed by atoms with Crippen LogP contribution in [0, 0.1) is 5.82 Å². The molecule has 154 valence electrons. The Hall–Kier alpha value is -2.87. The molecule has 2 heterocycles. The maximum Gasteiger partial charge on any atom is 0.251 e. The predicted molar refractivity (Wildman–Crippen MR) is 113 cm³/mol. The first kappa shape index (κ1) is 20.9. The molecule has 0 saturated carbocycles. The fourth-order valence-electron chi connectivity index (χ4n) is 3.13. The van der Waals surface area contributed by atoms with Crippen LogP contribution in [0.25, 0.3) is 0 Å². The highest BCUT2D eigenvalue weighted by molar-refractivity contribution is 6.30. The third kappa shape index (κ3) is 5.80. The molecule has 29 heavy (non-hydrogen) atoms. The molecule has 1 aliphatic rings. The number of rotatable bonds is 6. The molecule has 1 aliphatic heterocycles. The highest BCUT2D eigenvalue weighted by Crippen LogP contribution is 2.20. The van der Waals surface area contributed by atoms with Gasteiger partial charge in [-0.25, -0.2) is 9.37 Å². The second-order valence-corrected chi connectivity index (χ2v) is 7.08. The van der Waals surface area contributed by atoms with E-state index in [2.05, 4.69) is 25.9 Å². The van der Waals surface area contributed by atoms with Gasteiger partial charge in [0.25, 0.3) is 5.91 Å². The van der Waals surface area contributed by atoms with Gasteiger partial charge in [0.2, 0.25) is 0 Å². The maximum atomic E-state index is 13.9. The van der Waals surface area contributed by atoms with Gasteiger partial charge in [-0.3, -0.25) is 9.79 Å². The molecule has 1 unspecified atom stereocenters. The second-order valence-electron chi connectivity index (χ2n) is 6.65. The summed E-state index contributed by atoms with van der Waals surface area (Å²) in [6.45, 7) is 2.32. The Kier molecular flexibility index (Phi) is 7.24. The van der Waals surface area contributed by atoms with Gasteiger partial charge in [0.05, 0.1) is 0 Å². The lowest BCUT2D eigenvalue weighted by Gasteiger charge is -2.20. The van der Waals surface area contributed by atoms with E-state index in [4.69, 9.17) is 11.6 Å². The van der Waals surface area contributed by atoms with E-state index in [0.717, 1.165) is 13.0 Å². The highest BCUT2D eigenvalue weighted by atomic mass is 35.5. The molecule has 2 aromatic rings. The summed E-state index contributed by atoms with van der Waals surface area (Å²) in [5.74, 6) is 0.547. The Morgan fingerprint density at radius 2 is 2.03 bits per heavy atom. The van der Waals surface area contributed by atoms with Crippen molar-refractivity contribution < 1.29 is 9.18 Å². The van der Waals surface area contributed by atoms with E-state index in [0.29, 0.717) is 42.0 Å². The van der Waals surface area contributed by atoms with Crippen LogP contribution in [0.5, 0.6) is 0 Å². The number of nitrogens with zero attached hydrogens (tertiary/aromatic N) is 3. The largest absolute Gasteiger partial charge is 0.355 e. The molecule has 7 nitrogen and oxygen atoms in total. The van der Waals surface area contributed by atoms with Gasteiger partial charge in [0.15, 0.2) is 17.6 Å². The molecule has 1 amide bonds. The summed E-state index contributed by atoms with van der Waals surface area (Å²) in [5, 5.41) is 9.94. The lowest BCUT2D eigenvalue weighted by atomic mass is 10.2. The quantitative estimate of drug-likeness (QED) is 0.380. The van der Waals surface area contributed by atoms with Gasteiger partial charge in [-0.1, -0.05) is 11.6 Å². The van der Waals surface area contributed by atoms with Crippen molar-refractivity contribution in [2.24, 2.45) is 4.99 Å². The van der Waals surface area contributed by atoms with Crippen LogP contribution in [0.3, 0.4) is 0 Å². The van der Waals surface area contributed by atoms with E-state index >= 15 is 0 Å². The molecule has 1 saturated heterocycles. The fourth-order valence-corrected chi connectivity index (χ4v) is 3.25. The number of benzene rings is 1. The minimum absolute atomic E-state index is 0.131. The first-order valence-corrected chi connectivity index (χ1v) is 9.81. The molecule has 1 atom stereocenters.